The molecule has 0 aromatic heterocycles. The molecule has 1 N–H and O–H groups in total. The van der Waals surface area contributed by atoms with Gasteiger partial charge in [0.1, 0.15) is 11.6 Å². The van der Waals surface area contributed by atoms with Crippen molar-refractivity contribution in [2.75, 3.05) is 7.11 Å². The number of hydrogen-bond donors (Lipinski definition) is 1. The summed E-state index contributed by atoms with van der Waals surface area (Å²) in [7, 11) is 1.32. The third kappa shape index (κ3) is 11.5. The number of nitrogens with one attached hydrogen (secondary N) is 1. The van der Waals surface area contributed by atoms with Crippen molar-refractivity contribution in [3.05, 3.63) is 35.4 Å². The Balaban J connectivity index is 2.47. The molecule has 0 saturated carbocycles. The van der Waals surface area contributed by atoms with Crippen LogP contribution in [0.25, 0.3) is 0 Å². The lowest BCUT2D eigenvalue weighted by molar-refractivity contribution is -0.143. The van der Waals surface area contributed by atoms with Crippen LogP contribution in [0.4, 0.5) is 4.79 Å². The summed E-state index contributed by atoms with van der Waals surface area (Å²) >= 11 is 0. The summed E-state index contributed by atoms with van der Waals surface area (Å²) < 4.78 is 10.1. The van der Waals surface area contributed by atoms with Crippen LogP contribution in [0, 0.1) is 0 Å². The Hall–Kier alpha value is -2.04. The van der Waals surface area contributed by atoms with Gasteiger partial charge >= 0.3 is 12.1 Å². The van der Waals surface area contributed by atoms with Crippen LogP contribution in [0.15, 0.2) is 24.3 Å². The molecule has 0 aliphatic heterocycles. The number of benzene rings is 1. The van der Waals surface area contributed by atoms with Crippen molar-refractivity contribution in [2.24, 2.45) is 0 Å². The van der Waals surface area contributed by atoms with Crippen LogP contribution < -0.4 is 5.32 Å². The molecule has 0 saturated heterocycles. The van der Waals surface area contributed by atoms with Gasteiger partial charge in [0, 0.05) is 0 Å². The quantitative estimate of drug-likeness (QED) is 0.364. The lowest BCUT2D eigenvalue weighted by Gasteiger charge is -2.22. The summed E-state index contributed by atoms with van der Waals surface area (Å²) in [6, 6.07) is 7.81. The molecule has 0 heterocycles. The highest BCUT2D eigenvalue weighted by molar-refractivity contribution is 5.81. The van der Waals surface area contributed by atoms with Crippen LogP contribution >= 0.6 is 0 Å². The van der Waals surface area contributed by atoms with E-state index in [4.69, 9.17) is 9.47 Å². The topological polar surface area (TPSA) is 64.6 Å². The molecule has 1 aromatic rings. The highest BCUT2D eigenvalue weighted by Gasteiger charge is 2.24. The second-order valence-corrected chi connectivity index (χ2v) is 8.59. The van der Waals surface area contributed by atoms with E-state index < -0.39 is 23.7 Å². The molecule has 5 heteroatoms. The van der Waals surface area contributed by atoms with Crippen LogP contribution in [0.2, 0.25) is 0 Å². The van der Waals surface area contributed by atoms with Crippen molar-refractivity contribution in [1.29, 1.82) is 0 Å². The second kappa shape index (κ2) is 13.2. The van der Waals surface area contributed by atoms with Crippen molar-refractivity contribution < 1.29 is 19.1 Å². The Bertz CT molecular complexity index is 604. The number of ether oxygens (including phenoxy) is 2. The first kappa shape index (κ1) is 25.0. The lowest BCUT2D eigenvalue weighted by Crippen LogP contribution is -2.44. The van der Waals surface area contributed by atoms with E-state index in [0.29, 0.717) is 12.8 Å². The number of methoxy groups -OCH3 is 1. The maximum absolute atomic E-state index is 12.0. The highest BCUT2D eigenvalue weighted by atomic mass is 16.6. The smallest absolute Gasteiger partial charge is 0.408 e. The fourth-order valence-electron chi connectivity index (χ4n) is 3.13. The molecule has 1 amide bonds. The molecule has 0 spiro atoms. The van der Waals surface area contributed by atoms with E-state index >= 15 is 0 Å². The first-order valence-electron chi connectivity index (χ1n) is 10.9. The van der Waals surface area contributed by atoms with E-state index in [1.54, 1.807) is 20.8 Å². The van der Waals surface area contributed by atoms with Crippen molar-refractivity contribution in [3.63, 3.8) is 0 Å². The Labute approximate surface area is 176 Å². The van der Waals surface area contributed by atoms with Gasteiger partial charge in [0.25, 0.3) is 0 Å². The van der Waals surface area contributed by atoms with Crippen molar-refractivity contribution in [1.82, 2.24) is 5.32 Å². The Kier molecular flexibility index (Phi) is 11.4. The van der Waals surface area contributed by atoms with Gasteiger partial charge in [-0.15, -0.1) is 0 Å². The van der Waals surface area contributed by atoms with Gasteiger partial charge in [0.05, 0.1) is 7.11 Å². The lowest BCUT2D eigenvalue weighted by atomic mass is 10.0. The SMILES string of the molecule is CCCCCCCCc1ccc(CC[C@@H](NC(=O)OC(C)(C)C)C(=O)OC)cc1. The van der Waals surface area contributed by atoms with E-state index in [0.717, 1.165) is 12.0 Å². The molecular weight excluding hydrogens is 366 g/mol. The summed E-state index contributed by atoms with van der Waals surface area (Å²) in [6.45, 7) is 7.59. The molecular formula is C24H39NO4. The van der Waals surface area contributed by atoms with Crippen molar-refractivity contribution >= 4 is 12.1 Å². The van der Waals surface area contributed by atoms with Gasteiger partial charge in [0.2, 0.25) is 0 Å². The summed E-state index contributed by atoms with van der Waals surface area (Å²) in [6.07, 6.45) is 9.44. The fraction of sp³-hybridized carbons (Fsp3) is 0.667. The van der Waals surface area contributed by atoms with E-state index in [9.17, 15) is 9.59 Å². The zero-order chi connectivity index (χ0) is 21.7. The van der Waals surface area contributed by atoms with Gasteiger partial charge in [-0.2, -0.15) is 0 Å². The van der Waals surface area contributed by atoms with Crippen LogP contribution in [0.5, 0.6) is 0 Å². The van der Waals surface area contributed by atoms with E-state index in [2.05, 4.69) is 36.5 Å². The minimum Gasteiger partial charge on any atom is -0.467 e. The maximum Gasteiger partial charge on any atom is 0.408 e. The number of rotatable bonds is 12. The number of aryl methyl sites for hydroxylation is 2. The monoisotopic (exact) mass is 405 g/mol. The van der Waals surface area contributed by atoms with Gasteiger partial charge in [-0.3, -0.25) is 0 Å². The zero-order valence-corrected chi connectivity index (χ0v) is 18.9. The summed E-state index contributed by atoms with van der Waals surface area (Å²) in [4.78, 5) is 24.0. The van der Waals surface area contributed by atoms with Gasteiger partial charge < -0.3 is 14.8 Å². The Morgan fingerprint density at radius 3 is 2.03 bits per heavy atom. The number of hydrogen-bond acceptors (Lipinski definition) is 4. The zero-order valence-electron chi connectivity index (χ0n) is 18.9. The molecule has 0 aliphatic carbocycles. The summed E-state index contributed by atoms with van der Waals surface area (Å²) in [5.74, 6) is -0.462. The minimum atomic E-state index is -0.724. The molecule has 0 fully saturated rings. The molecule has 1 atom stereocenters. The highest BCUT2D eigenvalue weighted by Crippen LogP contribution is 2.13. The van der Waals surface area contributed by atoms with Crippen LogP contribution in [0.3, 0.4) is 0 Å². The van der Waals surface area contributed by atoms with Crippen LogP contribution in [0.1, 0.15) is 83.8 Å². The molecule has 1 rings (SSSR count). The Morgan fingerprint density at radius 2 is 1.48 bits per heavy atom. The Morgan fingerprint density at radius 1 is 0.931 bits per heavy atom. The molecule has 164 valence electrons. The number of carbonyl (C=O) groups excluding carboxylic acids is 2. The number of carbonyl (C=O) groups is 2. The molecule has 0 aliphatic rings. The minimum absolute atomic E-state index is 0.461. The predicted octanol–water partition coefficient (Wildman–Crippen LogP) is 5.59. The normalized spacial score (nSPS) is 12.3. The van der Waals surface area contributed by atoms with E-state index in [1.807, 2.05) is 0 Å². The first-order valence-corrected chi connectivity index (χ1v) is 10.9. The molecule has 0 bridgehead atoms. The molecule has 5 nitrogen and oxygen atoms in total. The molecule has 0 unspecified atom stereocenters. The molecule has 0 radical (unpaired) electrons. The molecule has 1 aromatic carbocycles. The summed E-state index contributed by atoms with van der Waals surface area (Å²) in [5.41, 5.74) is 1.87. The average Bonchev–Trinajstić information content (AvgIpc) is 2.66. The molecule has 29 heavy (non-hydrogen) atoms. The standard InChI is InChI=1S/C24H39NO4/c1-6-7-8-9-10-11-12-19-13-15-20(16-14-19)17-18-21(22(26)28-5)25-23(27)29-24(2,3)4/h13-16,21H,6-12,17-18H2,1-5H3,(H,25,27)/t21-/m1/s1. The summed E-state index contributed by atoms with van der Waals surface area (Å²) in [5, 5.41) is 2.62. The van der Waals surface area contributed by atoms with Crippen LogP contribution in [-0.2, 0) is 27.1 Å². The van der Waals surface area contributed by atoms with Gasteiger partial charge in [-0.05, 0) is 57.6 Å². The van der Waals surface area contributed by atoms with E-state index in [1.165, 1.54) is 51.2 Å². The predicted molar refractivity (Wildman–Crippen MR) is 117 cm³/mol. The third-order valence-corrected chi connectivity index (χ3v) is 4.74. The fourth-order valence-corrected chi connectivity index (χ4v) is 3.13. The number of esters is 1. The van der Waals surface area contributed by atoms with Crippen LogP contribution in [-0.4, -0.2) is 30.8 Å². The second-order valence-electron chi connectivity index (χ2n) is 8.59. The van der Waals surface area contributed by atoms with Gasteiger partial charge in [0.15, 0.2) is 0 Å². The number of alkyl carbamates (subject to hydrolysis) is 1. The number of amides is 1. The third-order valence-electron chi connectivity index (χ3n) is 4.74. The largest absolute Gasteiger partial charge is 0.467 e. The average molecular weight is 406 g/mol. The number of unbranched alkanes of at least 4 members (excludes halogenated alkanes) is 5. The van der Waals surface area contributed by atoms with Gasteiger partial charge in [-0.1, -0.05) is 63.3 Å². The van der Waals surface area contributed by atoms with Crippen molar-refractivity contribution in [2.45, 2.75) is 97.1 Å². The van der Waals surface area contributed by atoms with Gasteiger partial charge in [-0.25, -0.2) is 9.59 Å². The van der Waals surface area contributed by atoms with E-state index in [-0.39, 0.29) is 0 Å². The van der Waals surface area contributed by atoms with Crippen molar-refractivity contribution in [3.8, 4) is 0 Å². The maximum atomic E-state index is 12.0. The first-order chi connectivity index (χ1) is 13.7.